The van der Waals surface area contributed by atoms with Crippen molar-refractivity contribution >= 4 is 66.6 Å². The molecule has 0 radical (unpaired) electrons. The van der Waals surface area contributed by atoms with Crippen molar-refractivity contribution in [1.29, 1.82) is 0 Å². The van der Waals surface area contributed by atoms with Crippen LogP contribution in [0.1, 0.15) is 12.5 Å². The topological polar surface area (TPSA) is 75.7 Å². The number of anilines is 2. The maximum Gasteiger partial charge on any atom is 0.264 e. The molecule has 1 N–H and O–H groups in total. The van der Waals surface area contributed by atoms with Gasteiger partial charge in [-0.25, -0.2) is 8.42 Å². The van der Waals surface area contributed by atoms with E-state index in [9.17, 15) is 13.2 Å². The van der Waals surface area contributed by atoms with Crippen LogP contribution in [0, 0.1) is 0 Å². The van der Waals surface area contributed by atoms with Gasteiger partial charge in [0, 0.05) is 20.1 Å². The fraction of sp³-hybridized carbons (Fsp3) is 0.138. The van der Waals surface area contributed by atoms with E-state index in [0.717, 1.165) is 19.2 Å². The fourth-order valence-corrected chi connectivity index (χ4v) is 6.46. The number of rotatable bonds is 11. The van der Waals surface area contributed by atoms with E-state index in [1.54, 1.807) is 54.2 Å². The van der Waals surface area contributed by atoms with Gasteiger partial charge in [0.2, 0.25) is 5.91 Å². The zero-order chi connectivity index (χ0) is 27.8. The lowest BCUT2D eigenvalue weighted by Gasteiger charge is -2.24. The van der Waals surface area contributed by atoms with Gasteiger partial charge >= 0.3 is 0 Å². The Morgan fingerprint density at radius 1 is 0.949 bits per heavy atom. The van der Waals surface area contributed by atoms with Crippen LogP contribution in [0.2, 0.25) is 5.02 Å². The summed E-state index contributed by atoms with van der Waals surface area (Å²) in [7, 11) is -4.05. The van der Waals surface area contributed by atoms with Gasteiger partial charge in [0.15, 0.2) is 0 Å². The minimum atomic E-state index is -4.05. The highest BCUT2D eigenvalue weighted by molar-refractivity contribution is 9.10. The first-order chi connectivity index (χ1) is 18.8. The molecule has 0 unspecified atom stereocenters. The van der Waals surface area contributed by atoms with Crippen LogP contribution < -0.4 is 14.4 Å². The Bertz CT molecular complexity index is 1510. The van der Waals surface area contributed by atoms with Crippen molar-refractivity contribution < 1.29 is 17.9 Å². The number of sulfonamides is 1. The van der Waals surface area contributed by atoms with Crippen LogP contribution in [0.15, 0.2) is 111 Å². The van der Waals surface area contributed by atoms with Crippen molar-refractivity contribution in [3.63, 3.8) is 0 Å². The average molecular weight is 646 g/mol. The van der Waals surface area contributed by atoms with E-state index < -0.39 is 22.5 Å². The molecule has 0 saturated heterocycles. The first-order valence-corrected chi connectivity index (χ1v) is 15.6. The van der Waals surface area contributed by atoms with Gasteiger partial charge in [-0.15, -0.1) is 11.8 Å². The molecule has 39 heavy (non-hydrogen) atoms. The Balaban J connectivity index is 1.56. The Kier molecular flexibility index (Phi) is 9.96. The van der Waals surface area contributed by atoms with Gasteiger partial charge in [-0.3, -0.25) is 9.10 Å². The van der Waals surface area contributed by atoms with Crippen molar-refractivity contribution in [3.8, 4) is 5.75 Å². The molecule has 4 rings (SSSR count). The summed E-state index contributed by atoms with van der Waals surface area (Å²) in [5, 5.41) is 3.57. The molecule has 202 valence electrons. The summed E-state index contributed by atoms with van der Waals surface area (Å²) in [6.45, 7) is 1.94. The third-order valence-corrected chi connectivity index (χ3v) is 9.31. The Hall–Kier alpha value is -2.98. The van der Waals surface area contributed by atoms with Crippen LogP contribution in [-0.4, -0.2) is 27.5 Å². The van der Waals surface area contributed by atoms with Crippen LogP contribution in [0.5, 0.6) is 5.75 Å². The highest BCUT2D eigenvalue weighted by Crippen LogP contribution is 2.31. The second kappa shape index (κ2) is 13.4. The van der Waals surface area contributed by atoms with Crippen molar-refractivity contribution in [2.45, 2.75) is 22.5 Å². The zero-order valence-electron chi connectivity index (χ0n) is 21.0. The molecule has 0 bridgehead atoms. The van der Waals surface area contributed by atoms with Gasteiger partial charge in [0.1, 0.15) is 12.3 Å². The fourth-order valence-electron chi connectivity index (χ4n) is 3.68. The quantitative estimate of drug-likeness (QED) is 0.170. The number of thioether (sulfide) groups is 1. The monoisotopic (exact) mass is 644 g/mol. The third-order valence-electron chi connectivity index (χ3n) is 5.59. The minimum Gasteiger partial charge on any atom is -0.494 e. The van der Waals surface area contributed by atoms with Gasteiger partial charge in [-0.05, 0) is 85.3 Å². The second-order valence-electron chi connectivity index (χ2n) is 8.35. The molecule has 0 aliphatic rings. The molecule has 0 fully saturated rings. The van der Waals surface area contributed by atoms with Gasteiger partial charge in [-0.2, -0.15) is 0 Å². The van der Waals surface area contributed by atoms with E-state index in [1.165, 1.54) is 12.1 Å². The van der Waals surface area contributed by atoms with E-state index in [-0.39, 0.29) is 4.90 Å². The van der Waals surface area contributed by atoms with Crippen LogP contribution in [0.3, 0.4) is 0 Å². The van der Waals surface area contributed by atoms with Gasteiger partial charge in [0.05, 0.1) is 22.9 Å². The predicted molar refractivity (Wildman–Crippen MR) is 162 cm³/mol. The molecule has 10 heteroatoms. The number of carbonyl (C=O) groups is 1. The highest BCUT2D eigenvalue weighted by atomic mass is 79.9. The molecule has 0 spiro atoms. The Morgan fingerprint density at radius 2 is 1.62 bits per heavy atom. The molecule has 4 aromatic carbocycles. The molecule has 0 aromatic heterocycles. The Morgan fingerprint density at radius 3 is 2.28 bits per heavy atom. The SMILES string of the molecule is CCOc1ccc(N(CC(=O)Nc2ccccc2SCc2ccc(Cl)cc2)S(=O)(=O)c2ccc(Br)cc2)cc1. The van der Waals surface area contributed by atoms with E-state index in [2.05, 4.69) is 21.2 Å². The van der Waals surface area contributed by atoms with Gasteiger partial charge < -0.3 is 10.1 Å². The summed E-state index contributed by atoms with van der Waals surface area (Å²) < 4.78 is 34.7. The lowest BCUT2D eigenvalue weighted by atomic mass is 10.2. The summed E-state index contributed by atoms with van der Waals surface area (Å²) in [5.41, 5.74) is 2.05. The summed E-state index contributed by atoms with van der Waals surface area (Å²) in [5.74, 6) is 0.822. The third kappa shape index (κ3) is 7.79. The lowest BCUT2D eigenvalue weighted by molar-refractivity contribution is -0.114. The predicted octanol–water partition coefficient (Wildman–Crippen LogP) is 7.63. The van der Waals surface area contributed by atoms with Crippen LogP contribution in [-0.2, 0) is 20.6 Å². The number of nitrogens with one attached hydrogen (secondary N) is 1. The average Bonchev–Trinajstić information content (AvgIpc) is 2.93. The van der Waals surface area contributed by atoms with Crippen molar-refractivity contribution in [2.75, 3.05) is 22.8 Å². The molecular formula is C29H26BrClN2O4S2. The maximum atomic E-state index is 13.7. The van der Waals surface area contributed by atoms with E-state index in [1.807, 2.05) is 49.4 Å². The second-order valence-corrected chi connectivity index (χ2v) is 12.6. The number of benzene rings is 4. The van der Waals surface area contributed by atoms with Gasteiger partial charge in [-0.1, -0.05) is 51.8 Å². The number of hydrogen-bond acceptors (Lipinski definition) is 5. The van der Waals surface area contributed by atoms with E-state index in [4.69, 9.17) is 16.3 Å². The molecule has 6 nitrogen and oxygen atoms in total. The molecule has 0 aliphatic heterocycles. The molecule has 4 aromatic rings. The number of para-hydroxylation sites is 1. The van der Waals surface area contributed by atoms with Crippen LogP contribution >= 0.6 is 39.3 Å². The molecule has 0 aliphatic carbocycles. The number of carbonyl (C=O) groups excluding carboxylic acids is 1. The zero-order valence-corrected chi connectivity index (χ0v) is 25.0. The summed E-state index contributed by atoms with van der Waals surface area (Å²) in [6.07, 6.45) is 0. The number of amides is 1. The number of nitrogens with zero attached hydrogens (tertiary/aromatic N) is 1. The lowest BCUT2D eigenvalue weighted by Crippen LogP contribution is -2.38. The molecule has 0 saturated carbocycles. The summed E-state index contributed by atoms with van der Waals surface area (Å²) in [6, 6.07) is 28.0. The first kappa shape index (κ1) is 29.0. The first-order valence-electron chi connectivity index (χ1n) is 12.0. The van der Waals surface area contributed by atoms with Crippen LogP contribution in [0.25, 0.3) is 0 Å². The van der Waals surface area contributed by atoms with E-state index >= 15 is 0 Å². The molecule has 0 heterocycles. The van der Waals surface area contributed by atoms with Crippen molar-refractivity contribution in [2.24, 2.45) is 0 Å². The standard InChI is InChI=1S/C29H26BrClN2O4S2/c1-2-37-25-15-13-24(14-16-25)33(39(35,36)26-17-9-22(30)10-18-26)19-29(34)32-27-5-3-4-6-28(27)38-20-21-7-11-23(31)12-8-21/h3-18H,2,19-20H2,1H3,(H,32,34). The molecule has 1 amide bonds. The summed E-state index contributed by atoms with van der Waals surface area (Å²) >= 11 is 10.9. The van der Waals surface area contributed by atoms with Gasteiger partial charge in [0.25, 0.3) is 10.0 Å². The smallest absolute Gasteiger partial charge is 0.264 e. The van der Waals surface area contributed by atoms with Crippen molar-refractivity contribution in [1.82, 2.24) is 0 Å². The molecular weight excluding hydrogens is 620 g/mol. The highest BCUT2D eigenvalue weighted by Gasteiger charge is 2.27. The minimum absolute atomic E-state index is 0.0753. The number of ether oxygens (including phenoxy) is 1. The van der Waals surface area contributed by atoms with Crippen molar-refractivity contribution in [3.05, 3.63) is 112 Å². The molecule has 0 atom stereocenters. The van der Waals surface area contributed by atoms with Crippen LogP contribution in [0.4, 0.5) is 11.4 Å². The summed E-state index contributed by atoms with van der Waals surface area (Å²) in [4.78, 5) is 14.2. The maximum absolute atomic E-state index is 13.7. The number of halogens is 2. The number of hydrogen-bond donors (Lipinski definition) is 1. The van der Waals surface area contributed by atoms with E-state index in [0.29, 0.717) is 34.5 Å². The largest absolute Gasteiger partial charge is 0.494 e. The Labute approximate surface area is 246 Å². The normalized spacial score (nSPS) is 11.2.